The summed E-state index contributed by atoms with van der Waals surface area (Å²) in [5.74, 6) is 0.272. The lowest BCUT2D eigenvalue weighted by atomic mass is 9.98. The molecule has 0 saturated heterocycles. The van der Waals surface area contributed by atoms with E-state index in [1.807, 2.05) is 30.3 Å². The monoisotopic (exact) mass is 349 g/mol. The van der Waals surface area contributed by atoms with Gasteiger partial charge in [-0.1, -0.05) is 30.3 Å². The van der Waals surface area contributed by atoms with Crippen molar-refractivity contribution in [2.75, 3.05) is 7.11 Å². The molecule has 5 heteroatoms. The maximum atomic E-state index is 12.4. The van der Waals surface area contributed by atoms with Crippen molar-refractivity contribution in [2.24, 2.45) is 5.92 Å². The number of rotatable bonds is 7. The molecule has 2 aromatic carbocycles. The smallest absolute Gasteiger partial charge is 0.244 e. The normalized spacial score (nSPS) is 16.6. The first-order valence-corrected chi connectivity index (χ1v) is 8.32. The lowest BCUT2D eigenvalue weighted by molar-refractivity contribution is -0.0342. The summed E-state index contributed by atoms with van der Waals surface area (Å²) >= 11 is 0. The van der Waals surface area contributed by atoms with E-state index in [2.05, 4.69) is 6.07 Å². The molecule has 0 spiro atoms. The molecular weight excluding hydrogens is 330 g/mol. The molecule has 1 aliphatic rings. The number of methoxy groups -OCH3 is 1. The molecular formula is C21H19NO4. The Bertz CT molecular complexity index is 821. The van der Waals surface area contributed by atoms with Crippen molar-refractivity contribution in [3.63, 3.8) is 0 Å². The summed E-state index contributed by atoms with van der Waals surface area (Å²) < 4.78 is 16.3. The second-order valence-electron chi connectivity index (χ2n) is 5.93. The van der Waals surface area contributed by atoms with Crippen LogP contribution in [-0.2, 0) is 15.9 Å². The summed E-state index contributed by atoms with van der Waals surface area (Å²) in [4.78, 5) is 12.4. The maximum absolute atomic E-state index is 12.4. The third-order valence-electron chi connectivity index (χ3n) is 4.15. The Kier molecular flexibility index (Phi) is 5.55. The van der Waals surface area contributed by atoms with Crippen LogP contribution in [0.2, 0.25) is 0 Å². The first-order chi connectivity index (χ1) is 12.7. The van der Waals surface area contributed by atoms with Gasteiger partial charge in [0, 0.05) is 18.4 Å². The number of hydrogen-bond donors (Lipinski definition) is 0. The molecule has 1 heterocycles. The van der Waals surface area contributed by atoms with Crippen LogP contribution in [0.4, 0.5) is 0 Å². The zero-order valence-corrected chi connectivity index (χ0v) is 14.4. The number of nitriles is 1. The molecule has 0 aliphatic carbocycles. The predicted molar refractivity (Wildman–Crippen MR) is 95.2 cm³/mol. The number of nitrogens with zero attached hydrogens (tertiary/aromatic N) is 1. The standard InChI is InChI=1S/C21H19NO4/c1-24-18-9-7-16(8-10-18)19(23)12-17(13-22)20-14-25-21(26-20)11-15-5-3-2-4-6-15/h2-10,14,17,21H,11-12H2,1H3. The van der Waals surface area contributed by atoms with Gasteiger partial charge in [-0.3, -0.25) is 4.79 Å². The zero-order valence-electron chi connectivity index (χ0n) is 14.4. The second kappa shape index (κ2) is 8.21. The number of benzene rings is 2. The average molecular weight is 349 g/mol. The van der Waals surface area contributed by atoms with Crippen LogP contribution in [0.5, 0.6) is 5.75 Å². The van der Waals surface area contributed by atoms with Crippen molar-refractivity contribution in [3.8, 4) is 11.8 Å². The van der Waals surface area contributed by atoms with Crippen LogP contribution in [0.25, 0.3) is 0 Å². The minimum absolute atomic E-state index is 0.0378. The van der Waals surface area contributed by atoms with Crippen molar-refractivity contribution >= 4 is 5.78 Å². The fourth-order valence-corrected chi connectivity index (χ4v) is 2.70. The average Bonchev–Trinajstić information content (AvgIpc) is 3.15. The Morgan fingerprint density at radius 1 is 1.19 bits per heavy atom. The lowest BCUT2D eigenvalue weighted by Gasteiger charge is -2.14. The van der Waals surface area contributed by atoms with E-state index in [-0.39, 0.29) is 12.2 Å². The highest BCUT2D eigenvalue weighted by atomic mass is 16.7. The molecule has 1 aliphatic heterocycles. The Morgan fingerprint density at radius 2 is 1.92 bits per heavy atom. The molecule has 0 N–H and O–H groups in total. The molecule has 0 aromatic heterocycles. The van der Waals surface area contributed by atoms with Crippen LogP contribution in [0.3, 0.4) is 0 Å². The van der Waals surface area contributed by atoms with Crippen molar-refractivity contribution in [1.82, 2.24) is 0 Å². The summed E-state index contributed by atoms with van der Waals surface area (Å²) in [6.07, 6.45) is 1.59. The van der Waals surface area contributed by atoms with Gasteiger partial charge < -0.3 is 14.2 Å². The number of carbonyl (C=O) groups is 1. The van der Waals surface area contributed by atoms with Crippen LogP contribution in [-0.4, -0.2) is 19.2 Å². The highest BCUT2D eigenvalue weighted by Gasteiger charge is 2.28. The Hall–Kier alpha value is -3.26. The number of allylic oxidation sites excluding steroid dienone is 1. The van der Waals surface area contributed by atoms with E-state index in [0.29, 0.717) is 23.5 Å². The van der Waals surface area contributed by atoms with Crippen molar-refractivity contribution in [2.45, 2.75) is 19.1 Å². The van der Waals surface area contributed by atoms with Crippen LogP contribution < -0.4 is 4.74 Å². The van der Waals surface area contributed by atoms with Gasteiger partial charge in [0.15, 0.2) is 11.5 Å². The van der Waals surface area contributed by atoms with Crippen molar-refractivity contribution < 1.29 is 19.0 Å². The van der Waals surface area contributed by atoms with Crippen LogP contribution >= 0.6 is 0 Å². The van der Waals surface area contributed by atoms with Gasteiger partial charge >= 0.3 is 0 Å². The van der Waals surface area contributed by atoms with E-state index in [9.17, 15) is 10.1 Å². The van der Waals surface area contributed by atoms with E-state index in [0.717, 1.165) is 5.56 Å². The van der Waals surface area contributed by atoms with Gasteiger partial charge in [-0.05, 0) is 29.8 Å². The molecule has 5 nitrogen and oxygen atoms in total. The van der Waals surface area contributed by atoms with Gasteiger partial charge in [-0.25, -0.2) is 0 Å². The third kappa shape index (κ3) is 4.22. The fourth-order valence-electron chi connectivity index (χ4n) is 2.70. The topological polar surface area (TPSA) is 68.6 Å². The molecule has 3 rings (SSSR count). The van der Waals surface area contributed by atoms with E-state index in [4.69, 9.17) is 14.2 Å². The largest absolute Gasteiger partial charge is 0.497 e. The number of ketones is 1. The molecule has 0 bridgehead atoms. The molecule has 0 radical (unpaired) electrons. The number of hydrogen-bond acceptors (Lipinski definition) is 5. The number of Topliss-reactive ketones (excluding diaryl/α,β-unsaturated/α-hetero) is 1. The zero-order chi connectivity index (χ0) is 18.4. The highest BCUT2D eigenvalue weighted by molar-refractivity contribution is 5.96. The second-order valence-corrected chi connectivity index (χ2v) is 5.93. The number of carbonyl (C=O) groups excluding carboxylic acids is 1. The van der Waals surface area contributed by atoms with Gasteiger partial charge in [-0.2, -0.15) is 5.26 Å². The van der Waals surface area contributed by atoms with Gasteiger partial charge in [0.1, 0.15) is 17.9 Å². The van der Waals surface area contributed by atoms with Crippen molar-refractivity contribution in [1.29, 1.82) is 5.26 Å². The maximum Gasteiger partial charge on any atom is 0.244 e. The van der Waals surface area contributed by atoms with Gasteiger partial charge in [0.25, 0.3) is 0 Å². The predicted octanol–water partition coefficient (Wildman–Crippen LogP) is 3.86. The lowest BCUT2D eigenvalue weighted by Crippen LogP contribution is -2.15. The molecule has 132 valence electrons. The van der Waals surface area contributed by atoms with Gasteiger partial charge in [0.2, 0.25) is 6.29 Å². The van der Waals surface area contributed by atoms with Gasteiger partial charge in [-0.15, -0.1) is 0 Å². The Balaban J connectivity index is 1.58. The minimum atomic E-state index is -0.676. The fraction of sp³-hybridized carbons (Fsp3) is 0.238. The summed E-state index contributed by atoms with van der Waals surface area (Å²) in [6.45, 7) is 0. The SMILES string of the molecule is COc1ccc(C(=O)CC(C#N)C2=COC(Cc3ccccc3)O2)cc1. The van der Waals surface area contributed by atoms with E-state index >= 15 is 0 Å². The van der Waals surface area contributed by atoms with E-state index in [1.54, 1.807) is 31.4 Å². The quantitative estimate of drug-likeness (QED) is 0.710. The summed E-state index contributed by atoms with van der Waals surface area (Å²) in [7, 11) is 1.57. The van der Waals surface area contributed by atoms with Crippen LogP contribution in [0.1, 0.15) is 22.3 Å². The highest BCUT2D eigenvalue weighted by Crippen LogP contribution is 2.27. The number of ether oxygens (including phenoxy) is 3. The molecule has 2 atom stereocenters. The van der Waals surface area contributed by atoms with E-state index < -0.39 is 12.2 Å². The molecule has 0 saturated carbocycles. The summed E-state index contributed by atoms with van der Waals surface area (Å²) in [6, 6.07) is 18.8. The Morgan fingerprint density at radius 3 is 2.58 bits per heavy atom. The molecule has 0 fully saturated rings. The van der Waals surface area contributed by atoms with E-state index in [1.165, 1.54) is 6.26 Å². The molecule has 26 heavy (non-hydrogen) atoms. The Labute approximate surface area is 152 Å². The van der Waals surface area contributed by atoms with Crippen molar-refractivity contribution in [3.05, 3.63) is 77.7 Å². The van der Waals surface area contributed by atoms with Crippen LogP contribution in [0.15, 0.2) is 66.6 Å². The molecule has 2 unspecified atom stereocenters. The molecule has 0 amide bonds. The molecule has 2 aromatic rings. The van der Waals surface area contributed by atoms with Gasteiger partial charge in [0.05, 0.1) is 13.2 Å². The minimum Gasteiger partial charge on any atom is -0.497 e. The first-order valence-electron chi connectivity index (χ1n) is 8.32. The summed E-state index contributed by atoms with van der Waals surface area (Å²) in [5.41, 5.74) is 1.61. The first kappa shape index (κ1) is 17.6. The third-order valence-corrected chi connectivity index (χ3v) is 4.15. The summed E-state index contributed by atoms with van der Waals surface area (Å²) in [5, 5.41) is 9.44. The van der Waals surface area contributed by atoms with Crippen LogP contribution in [0, 0.1) is 17.2 Å².